The molecule has 40 heavy (non-hydrogen) atoms. The van der Waals surface area contributed by atoms with Gasteiger partial charge in [-0.1, -0.05) is 79.6 Å². The van der Waals surface area contributed by atoms with Crippen LogP contribution in [0, 0.1) is 5.92 Å². The van der Waals surface area contributed by atoms with E-state index in [1.54, 1.807) is 12.5 Å². The molecular weight excluding hydrogens is 543 g/mol. The maximum Gasteiger partial charge on any atom is 0.242 e. The van der Waals surface area contributed by atoms with Gasteiger partial charge in [-0.25, -0.2) is 15.0 Å². The summed E-state index contributed by atoms with van der Waals surface area (Å²) in [5.74, 6) is 2.48. The first-order valence-electron chi connectivity index (χ1n) is 13.9. The van der Waals surface area contributed by atoms with E-state index in [-0.39, 0.29) is 5.91 Å². The molecule has 2 heterocycles. The second-order valence-electron chi connectivity index (χ2n) is 10.4. The van der Waals surface area contributed by atoms with Crippen LogP contribution in [0.3, 0.4) is 0 Å². The lowest BCUT2D eigenvalue weighted by molar-refractivity contribution is -0.122. The topological polar surface area (TPSA) is 84.7 Å². The molecule has 1 amide bonds. The highest BCUT2D eigenvalue weighted by molar-refractivity contribution is 6.30. The van der Waals surface area contributed by atoms with E-state index >= 15 is 0 Å². The maximum atomic E-state index is 13.5. The number of carbonyl (C=O) groups is 1. The van der Waals surface area contributed by atoms with E-state index in [4.69, 9.17) is 33.2 Å². The van der Waals surface area contributed by atoms with Crippen LogP contribution in [0.1, 0.15) is 55.5 Å². The molecule has 1 saturated carbocycles. The second-order valence-corrected chi connectivity index (χ2v) is 11.3. The highest BCUT2D eigenvalue weighted by Gasteiger charge is 2.25. The number of aromatic nitrogens is 4. The molecule has 1 aliphatic rings. The Bertz CT molecular complexity index is 1390. The number of amides is 1. The zero-order valence-corrected chi connectivity index (χ0v) is 23.9. The van der Waals surface area contributed by atoms with Crippen LogP contribution < -0.4 is 10.6 Å². The Kier molecular flexibility index (Phi) is 9.68. The first kappa shape index (κ1) is 28.1. The largest absolute Gasteiger partial charge is 0.358 e. The highest BCUT2D eigenvalue weighted by atomic mass is 35.5. The van der Waals surface area contributed by atoms with E-state index in [0.29, 0.717) is 46.4 Å². The number of anilines is 1. The van der Waals surface area contributed by atoms with Crippen LogP contribution in [0.2, 0.25) is 10.0 Å². The summed E-state index contributed by atoms with van der Waals surface area (Å²) in [4.78, 5) is 27.3. The van der Waals surface area contributed by atoms with Gasteiger partial charge in [0.15, 0.2) is 0 Å². The first-order chi connectivity index (χ1) is 19.5. The molecule has 0 unspecified atom stereocenters. The van der Waals surface area contributed by atoms with Crippen molar-refractivity contribution in [1.29, 1.82) is 0 Å². The summed E-state index contributed by atoms with van der Waals surface area (Å²) in [5.41, 5.74) is 2.12. The molecule has 208 valence electrons. The van der Waals surface area contributed by atoms with Crippen molar-refractivity contribution in [3.63, 3.8) is 0 Å². The van der Waals surface area contributed by atoms with Crippen molar-refractivity contribution in [2.75, 3.05) is 5.32 Å². The van der Waals surface area contributed by atoms with E-state index in [2.05, 4.69) is 21.7 Å². The predicted octanol–water partition coefficient (Wildman–Crippen LogP) is 6.82. The van der Waals surface area contributed by atoms with Crippen molar-refractivity contribution in [2.45, 2.75) is 64.0 Å². The van der Waals surface area contributed by atoms with E-state index in [0.717, 1.165) is 36.8 Å². The summed E-state index contributed by atoms with van der Waals surface area (Å²) < 4.78 is 1.85. The van der Waals surface area contributed by atoms with Crippen LogP contribution in [-0.2, 0) is 24.2 Å². The summed E-state index contributed by atoms with van der Waals surface area (Å²) in [5, 5.41) is 7.99. The van der Waals surface area contributed by atoms with Crippen molar-refractivity contribution in [3.05, 3.63) is 100 Å². The van der Waals surface area contributed by atoms with E-state index in [9.17, 15) is 4.79 Å². The maximum absolute atomic E-state index is 13.5. The minimum absolute atomic E-state index is 0.0382. The molecule has 0 radical (unpaired) electrons. The smallest absolute Gasteiger partial charge is 0.242 e. The van der Waals surface area contributed by atoms with E-state index in [1.807, 2.05) is 59.3 Å². The number of hydrogen-bond donors (Lipinski definition) is 2. The number of rotatable bonds is 11. The molecule has 2 N–H and O–H groups in total. The molecule has 9 heteroatoms. The fourth-order valence-electron chi connectivity index (χ4n) is 5.23. The average Bonchev–Trinajstić information content (AvgIpc) is 3.51. The Morgan fingerprint density at radius 1 is 0.950 bits per heavy atom. The number of halogens is 2. The van der Waals surface area contributed by atoms with Crippen molar-refractivity contribution < 1.29 is 4.79 Å². The molecule has 2 aromatic heterocycles. The van der Waals surface area contributed by atoms with Crippen LogP contribution in [0.4, 0.5) is 5.82 Å². The van der Waals surface area contributed by atoms with E-state index < -0.39 is 6.04 Å². The first-order valence-corrected chi connectivity index (χ1v) is 14.7. The number of carbonyl (C=O) groups excluding carboxylic acids is 1. The Morgan fingerprint density at radius 2 is 1.77 bits per heavy atom. The van der Waals surface area contributed by atoms with Gasteiger partial charge in [0.2, 0.25) is 5.91 Å². The molecular formula is C31H34Cl2N6O. The lowest BCUT2D eigenvalue weighted by Gasteiger charge is -2.27. The normalized spacial score (nSPS) is 14.6. The second kappa shape index (κ2) is 13.8. The number of hydrogen-bond acceptors (Lipinski definition) is 5. The summed E-state index contributed by atoms with van der Waals surface area (Å²) in [6.45, 7) is 0.438. The van der Waals surface area contributed by atoms with Gasteiger partial charge in [0, 0.05) is 41.5 Å². The van der Waals surface area contributed by atoms with Crippen molar-refractivity contribution >= 4 is 34.9 Å². The molecule has 0 bridgehead atoms. The minimum atomic E-state index is -0.415. The summed E-state index contributed by atoms with van der Waals surface area (Å²) in [7, 11) is 0. The Morgan fingerprint density at radius 3 is 2.52 bits per heavy atom. The molecule has 7 nitrogen and oxygen atoms in total. The quantitative estimate of drug-likeness (QED) is 0.204. The van der Waals surface area contributed by atoms with Crippen LogP contribution in [-0.4, -0.2) is 31.5 Å². The third-order valence-corrected chi connectivity index (χ3v) is 7.85. The summed E-state index contributed by atoms with van der Waals surface area (Å²) >= 11 is 12.2. The van der Waals surface area contributed by atoms with Crippen LogP contribution >= 0.6 is 23.2 Å². The van der Waals surface area contributed by atoms with Gasteiger partial charge in [0.25, 0.3) is 0 Å². The van der Waals surface area contributed by atoms with Gasteiger partial charge in [-0.05, 0) is 54.2 Å². The SMILES string of the molecule is O=C(NCc1ccc(Cl)cc1)[C@@H](CC1CCCCC1)Nc1cc(-n2ccnc2)nc(CCc2cccc(Cl)c2)n1. The van der Waals surface area contributed by atoms with Gasteiger partial charge in [-0.2, -0.15) is 0 Å². The third-order valence-electron chi connectivity index (χ3n) is 7.37. The molecule has 0 saturated heterocycles. The van der Waals surface area contributed by atoms with Crippen LogP contribution in [0.25, 0.3) is 5.82 Å². The van der Waals surface area contributed by atoms with Crippen LogP contribution in [0.5, 0.6) is 0 Å². The lowest BCUT2D eigenvalue weighted by atomic mass is 9.84. The van der Waals surface area contributed by atoms with Gasteiger partial charge in [0.05, 0.1) is 0 Å². The van der Waals surface area contributed by atoms with Gasteiger partial charge < -0.3 is 10.6 Å². The molecule has 2 aromatic carbocycles. The van der Waals surface area contributed by atoms with Crippen molar-refractivity contribution in [3.8, 4) is 5.82 Å². The monoisotopic (exact) mass is 576 g/mol. The molecule has 0 aliphatic heterocycles. The van der Waals surface area contributed by atoms with Gasteiger partial charge in [-0.3, -0.25) is 9.36 Å². The zero-order valence-electron chi connectivity index (χ0n) is 22.4. The number of imidazole rings is 1. The number of nitrogens with one attached hydrogen (secondary N) is 2. The minimum Gasteiger partial charge on any atom is -0.358 e. The van der Waals surface area contributed by atoms with E-state index in [1.165, 1.54) is 19.3 Å². The standard InChI is InChI=1S/C31H34Cl2N6O/c32-25-12-9-24(10-13-25)20-35-31(40)27(18-22-5-2-1-3-6-22)36-29-19-30(39-16-15-34-21-39)38-28(37-29)14-11-23-7-4-8-26(33)17-23/h4,7-10,12-13,15-17,19,21-22,27H,1-3,5-6,11,14,18,20H2,(H,35,40)(H,36,37,38)/t27-/m1/s1. The molecule has 4 aromatic rings. The predicted molar refractivity (Wildman–Crippen MR) is 160 cm³/mol. The summed E-state index contributed by atoms with van der Waals surface area (Å²) in [6.07, 6.45) is 13.4. The molecule has 1 atom stereocenters. The van der Waals surface area contributed by atoms with Crippen molar-refractivity contribution in [1.82, 2.24) is 24.8 Å². The Hall–Kier alpha value is -3.42. The highest BCUT2D eigenvalue weighted by Crippen LogP contribution is 2.28. The fourth-order valence-corrected chi connectivity index (χ4v) is 5.56. The lowest BCUT2D eigenvalue weighted by Crippen LogP contribution is -2.41. The molecule has 1 aliphatic carbocycles. The molecule has 5 rings (SSSR count). The fraction of sp³-hybridized carbons (Fsp3) is 0.355. The van der Waals surface area contributed by atoms with Gasteiger partial charge >= 0.3 is 0 Å². The summed E-state index contributed by atoms with van der Waals surface area (Å²) in [6, 6.07) is 16.8. The third kappa shape index (κ3) is 8.05. The number of aryl methyl sites for hydroxylation is 2. The number of benzene rings is 2. The van der Waals surface area contributed by atoms with Crippen LogP contribution in [0.15, 0.2) is 73.3 Å². The zero-order chi connectivity index (χ0) is 27.7. The molecule has 0 spiro atoms. The van der Waals surface area contributed by atoms with Gasteiger partial charge in [0.1, 0.15) is 29.8 Å². The Balaban J connectivity index is 1.36. The van der Waals surface area contributed by atoms with Crippen molar-refractivity contribution in [2.24, 2.45) is 5.92 Å². The van der Waals surface area contributed by atoms with Gasteiger partial charge in [-0.15, -0.1) is 0 Å². The number of nitrogens with zero attached hydrogens (tertiary/aromatic N) is 4. The molecule has 1 fully saturated rings. The average molecular weight is 578 g/mol. The Labute approximate surface area is 245 Å².